The number of hydrogen-bond acceptors (Lipinski definition) is 8. The molecule has 0 spiro atoms. The summed E-state index contributed by atoms with van der Waals surface area (Å²) < 4.78 is 59.0. The highest BCUT2D eigenvalue weighted by Gasteiger charge is 2.30. The fourth-order valence-electron chi connectivity index (χ4n) is 4.37. The molecule has 1 aliphatic rings. The standard InChI is InChI=1S/C27H23F2N5O4S2/c1-2-38-26(35)22-14-39-27(32-22)34-23(11-15-3-4-15)19(9-16-5-8-24(21(29)10-16)40(31,36)37)25(33-34)17-6-7-20(28)18(12-17)13-30/h5-8,10,12,14-15H,2-4,9,11H2,1H3,(H2,31,36,37). The van der Waals surface area contributed by atoms with Gasteiger partial charge >= 0.3 is 5.97 Å². The summed E-state index contributed by atoms with van der Waals surface area (Å²) in [7, 11) is -4.24. The molecule has 0 saturated heterocycles. The number of primary sulfonamides is 1. The van der Waals surface area contributed by atoms with E-state index in [1.165, 1.54) is 35.6 Å². The van der Waals surface area contributed by atoms with Crippen molar-refractivity contribution in [3.05, 3.63) is 81.5 Å². The molecular weight excluding hydrogens is 560 g/mol. The Morgan fingerprint density at radius 3 is 2.65 bits per heavy atom. The van der Waals surface area contributed by atoms with Crippen LogP contribution in [0.1, 0.15) is 52.6 Å². The highest BCUT2D eigenvalue weighted by atomic mass is 32.2. The van der Waals surface area contributed by atoms with Gasteiger partial charge in [-0.05, 0) is 68.0 Å². The predicted octanol–water partition coefficient (Wildman–Crippen LogP) is 4.51. The smallest absolute Gasteiger partial charge is 0.357 e. The zero-order valence-corrected chi connectivity index (χ0v) is 22.9. The lowest BCUT2D eigenvalue weighted by molar-refractivity contribution is 0.0520. The molecule has 0 radical (unpaired) electrons. The van der Waals surface area contributed by atoms with E-state index in [2.05, 4.69) is 4.98 Å². The summed E-state index contributed by atoms with van der Waals surface area (Å²) in [5.74, 6) is -1.84. The minimum atomic E-state index is -4.24. The number of nitrogens with zero attached hydrogens (tertiary/aromatic N) is 4. The second-order valence-corrected chi connectivity index (χ2v) is 11.7. The van der Waals surface area contributed by atoms with Crippen LogP contribution in [0.25, 0.3) is 16.4 Å². The Kier molecular flexibility index (Phi) is 7.50. The minimum absolute atomic E-state index is 0.132. The average molecular weight is 584 g/mol. The first kappa shape index (κ1) is 27.6. The summed E-state index contributed by atoms with van der Waals surface area (Å²) in [6.07, 6.45) is 2.78. The molecule has 1 saturated carbocycles. The van der Waals surface area contributed by atoms with Crippen LogP contribution in [-0.4, -0.2) is 35.8 Å². The van der Waals surface area contributed by atoms with Crippen molar-refractivity contribution in [2.24, 2.45) is 11.1 Å². The molecule has 0 bridgehead atoms. The van der Waals surface area contributed by atoms with E-state index < -0.39 is 32.5 Å². The Labute approximate surface area is 232 Å². The molecule has 9 nitrogen and oxygen atoms in total. The SMILES string of the molecule is CCOC(=O)c1csc(-n2nc(-c3ccc(F)c(C#N)c3)c(Cc3ccc(S(N)(=O)=O)c(F)c3)c2CC2CC2)n1. The first-order valence-corrected chi connectivity index (χ1v) is 14.8. The van der Waals surface area contributed by atoms with E-state index in [4.69, 9.17) is 15.0 Å². The van der Waals surface area contributed by atoms with Crippen LogP contribution >= 0.6 is 11.3 Å². The van der Waals surface area contributed by atoms with Crippen LogP contribution < -0.4 is 5.14 Å². The number of esters is 1. The highest BCUT2D eigenvalue weighted by molar-refractivity contribution is 7.89. The predicted molar refractivity (Wildman–Crippen MR) is 142 cm³/mol. The van der Waals surface area contributed by atoms with E-state index in [1.807, 2.05) is 6.07 Å². The summed E-state index contributed by atoms with van der Waals surface area (Å²) in [5.41, 5.74) is 2.76. The Morgan fingerprint density at radius 1 is 1.23 bits per heavy atom. The maximum Gasteiger partial charge on any atom is 0.357 e. The molecule has 40 heavy (non-hydrogen) atoms. The molecule has 1 fully saturated rings. The van der Waals surface area contributed by atoms with E-state index in [0.29, 0.717) is 39.9 Å². The summed E-state index contributed by atoms with van der Waals surface area (Å²) in [4.78, 5) is 16.1. The number of sulfonamides is 1. The number of ether oxygens (including phenoxy) is 1. The third-order valence-electron chi connectivity index (χ3n) is 6.47. The van der Waals surface area contributed by atoms with Crippen molar-refractivity contribution >= 4 is 27.3 Å². The van der Waals surface area contributed by atoms with Gasteiger partial charge in [0, 0.05) is 22.9 Å². The molecule has 0 amide bonds. The van der Waals surface area contributed by atoms with Gasteiger partial charge in [-0.25, -0.2) is 36.8 Å². The first-order valence-electron chi connectivity index (χ1n) is 12.3. The van der Waals surface area contributed by atoms with Crippen molar-refractivity contribution < 1.29 is 26.7 Å². The molecule has 0 aliphatic heterocycles. The number of thiazole rings is 1. The summed E-state index contributed by atoms with van der Waals surface area (Å²) in [5, 5.41) is 21.3. The molecule has 1 aliphatic carbocycles. The normalized spacial score (nSPS) is 13.3. The van der Waals surface area contributed by atoms with Crippen LogP contribution in [0, 0.1) is 28.9 Å². The quantitative estimate of drug-likeness (QED) is 0.286. The van der Waals surface area contributed by atoms with Crippen LogP contribution in [0.2, 0.25) is 0 Å². The van der Waals surface area contributed by atoms with Gasteiger partial charge in [0.05, 0.1) is 23.6 Å². The Balaban J connectivity index is 1.68. The third kappa shape index (κ3) is 5.65. The van der Waals surface area contributed by atoms with Crippen molar-refractivity contribution in [2.75, 3.05) is 6.61 Å². The van der Waals surface area contributed by atoms with Gasteiger partial charge < -0.3 is 4.74 Å². The molecule has 4 aromatic rings. The van der Waals surface area contributed by atoms with Gasteiger partial charge in [-0.3, -0.25) is 0 Å². The monoisotopic (exact) mass is 583 g/mol. The molecule has 0 atom stereocenters. The van der Waals surface area contributed by atoms with E-state index in [0.717, 1.165) is 30.7 Å². The topological polar surface area (TPSA) is 141 Å². The molecule has 2 aromatic heterocycles. The van der Waals surface area contributed by atoms with Gasteiger partial charge in [0.15, 0.2) is 5.69 Å². The maximum atomic E-state index is 14.7. The molecule has 2 N–H and O–H groups in total. The lowest BCUT2D eigenvalue weighted by atomic mass is 9.96. The maximum absolute atomic E-state index is 14.7. The Bertz CT molecular complexity index is 1770. The second kappa shape index (κ2) is 10.9. The summed E-state index contributed by atoms with van der Waals surface area (Å²) >= 11 is 1.19. The van der Waals surface area contributed by atoms with E-state index >= 15 is 0 Å². The number of nitrogens with two attached hydrogens (primary N) is 1. The van der Waals surface area contributed by atoms with Crippen LogP contribution in [-0.2, 0) is 27.6 Å². The first-order chi connectivity index (χ1) is 19.1. The molecule has 5 rings (SSSR count). The molecule has 2 heterocycles. The minimum Gasteiger partial charge on any atom is -0.461 e. The molecular formula is C27H23F2N5O4S2. The number of benzene rings is 2. The second-order valence-electron chi connectivity index (χ2n) is 9.36. The van der Waals surface area contributed by atoms with Crippen LogP contribution in [0.4, 0.5) is 8.78 Å². The average Bonchev–Trinajstić information content (AvgIpc) is 3.47. The van der Waals surface area contributed by atoms with E-state index in [9.17, 15) is 27.3 Å². The number of carbonyl (C=O) groups is 1. The van der Waals surface area contributed by atoms with Crippen LogP contribution in [0.15, 0.2) is 46.7 Å². The van der Waals surface area contributed by atoms with E-state index in [1.54, 1.807) is 17.0 Å². The molecule has 2 aromatic carbocycles. The van der Waals surface area contributed by atoms with E-state index in [-0.39, 0.29) is 24.3 Å². The third-order valence-corrected chi connectivity index (χ3v) is 8.23. The fraction of sp³-hybridized carbons (Fsp3) is 0.259. The van der Waals surface area contributed by atoms with Crippen molar-refractivity contribution in [2.45, 2.75) is 37.5 Å². The van der Waals surface area contributed by atoms with Crippen LogP contribution in [0.3, 0.4) is 0 Å². The van der Waals surface area contributed by atoms with Crippen molar-refractivity contribution in [3.8, 4) is 22.5 Å². The van der Waals surface area contributed by atoms with Gasteiger partial charge in [-0.15, -0.1) is 11.3 Å². The highest BCUT2D eigenvalue weighted by Crippen LogP contribution is 2.38. The van der Waals surface area contributed by atoms with Crippen LogP contribution in [0.5, 0.6) is 0 Å². The molecule has 206 valence electrons. The van der Waals surface area contributed by atoms with Gasteiger partial charge in [0.2, 0.25) is 15.2 Å². The van der Waals surface area contributed by atoms with Gasteiger partial charge in [0.1, 0.15) is 22.6 Å². The zero-order valence-electron chi connectivity index (χ0n) is 21.2. The Hall–Kier alpha value is -3.99. The van der Waals surface area contributed by atoms with Crippen molar-refractivity contribution in [1.29, 1.82) is 5.26 Å². The molecule has 13 heteroatoms. The largest absolute Gasteiger partial charge is 0.461 e. The lowest BCUT2D eigenvalue weighted by Gasteiger charge is -2.10. The Morgan fingerprint density at radius 2 is 2.00 bits per heavy atom. The van der Waals surface area contributed by atoms with Gasteiger partial charge in [0.25, 0.3) is 0 Å². The number of rotatable bonds is 9. The number of aromatic nitrogens is 3. The number of hydrogen-bond donors (Lipinski definition) is 1. The number of nitriles is 1. The van der Waals surface area contributed by atoms with Crippen molar-refractivity contribution in [3.63, 3.8) is 0 Å². The summed E-state index contributed by atoms with van der Waals surface area (Å²) in [6.45, 7) is 1.89. The van der Waals surface area contributed by atoms with Gasteiger partial charge in [-0.2, -0.15) is 10.4 Å². The number of carbonyl (C=O) groups excluding carboxylic acids is 1. The fourth-order valence-corrected chi connectivity index (χ4v) is 5.73. The lowest BCUT2D eigenvalue weighted by Crippen LogP contribution is -2.14. The van der Waals surface area contributed by atoms with Crippen molar-refractivity contribution in [1.82, 2.24) is 14.8 Å². The number of halogens is 2. The summed E-state index contributed by atoms with van der Waals surface area (Å²) in [6, 6.07) is 9.60. The van der Waals surface area contributed by atoms with Gasteiger partial charge in [-0.1, -0.05) is 6.07 Å². The molecule has 0 unspecified atom stereocenters. The zero-order chi connectivity index (χ0) is 28.6.